The average Bonchev–Trinajstić information content (AvgIpc) is 2.92. The summed E-state index contributed by atoms with van der Waals surface area (Å²) in [7, 11) is -2.99. The first-order valence-electron chi connectivity index (χ1n) is 11.1. The second-order valence-corrected chi connectivity index (χ2v) is 10.9. The Hall–Kier alpha value is -4.07. The maximum Gasteiger partial charge on any atom is 0.171 e. The molecule has 0 radical (unpaired) electrons. The SMILES string of the molecule is O=P(c1ccccc1)(c1ccccc1)c1ccc(-c2ccc3c(c2)Oc2ccccc2O3)cc1. The lowest BCUT2D eigenvalue weighted by atomic mass is 10.1. The van der Waals surface area contributed by atoms with Crippen LogP contribution in [0.5, 0.6) is 23.0 Å². The number of para-hydroxylation sites is 2. The molecule has 0 fully saturated rings. The summed E-state index contributed by atoms with van der Waals surface area (Å²) in [5.74, 6) is 2.79. The van der Waals surface area contributed by atoms with E-state index in [9.17, 15) is 4.57 Å². The molecule has 5 aromatic rings. The summed E-state index contributed by atoms with van der Waals surface area (Å²) < 4.78 is 26.6. The van der Waals surface area contributed by atoms with Gasteiger partial charge in [-0.05, 0) is 35.4 Å². The number of rotatable bonds is 4. The number of fused-ring (bicyclic) bond motifs is 2. The summed E-state index contributed by atoms with van der Waals surface area (Å²) in [4.78, 5) is 0. The van der Waals surface area contributed by atoms with Gasteiger partial charge in [-0.1, -0.05) is 103 Å². The van der Waals surface area contributed by atoms with E-state index in [0.717, 1.165) is 27.0 Å². The molecule has 1 aliphatic heterocycles. The maximum atomic E-state index is 14.5. The van der Waals surface area contributed by atoms with E-state index in [1.807, 2.05) is 127 Å². The lowest BCUT2D eigenvalue weighted by molar-refractivity contribution is 0.360. The maximum absolute atomic E-state index is 14.5. The monoisotopic (exact) mass is 460 g/mol. The molecule has 0 unspecified atom stereocenters. The van der Waals surface area contributed by atoms with Crippen molar-refractivity contribution in [1.82, 2.24) is 0 Å². The summed E-state index contributed by atoms with van der Waals surface area (Å²) in [6, 6.07) is 41.0. The first-order chi connectivity index (χ1) is 16.7. The summed E-state index contributed by atoms with van der Waals surface area (Å²) in [5.41, 5.74) is 2.02. The molecule has 0 amide bonds. The van der Waals surface area contributed by atoms with E-state index in [-0.39, 0.29) is 0 Å². The second kappa shape index (κ2) is 8.37. The van der Waals surface area contributed by atoms with E-state index in [2.05, 4.69) is 0 Å². The van der Waals surface area contributed by atoms with Gasteiger partial charge in [0.05, 0.1) is 0 Å². The molecular formula is C30H21O3P. The van der Waals surface area contributed by atoms with Crippen molar-refractivity contribution in [2.24, 2.45) is 0 Å². The molecule has 6 rings (SSSR count). The molecule has 4 heteroatoms. The Morgan fingerprint density at radius 1 is 0.412 bits per heavy atom. The molecule has 0 aromatic heterocycles. The van der Waals surface area contributed by atoms with Gasteiger partial charge in [-0.15, -0.1) is 0 Å². The molecule has 164 valence electrons. The lowest BCUT2D eigenvalue weighted by Crippen LogP contribution is -2.24. The molecule has 0 saturated heterocycles. The number of ether oxygens (including phenoxy) is 2. The Kier molecular flexibility index (Phi) is 5.05. The van der Waals surface area contributed by atoms with Crippen molar-refractivity contribution < 1.29 is 14.0 Å². The van der Waals surface area contributed by atoms with Crippen molar-refractivity contribution in [1.29, 1.82) is 0 Å². The zero-order valence-electron chi connectivity index (χ0n) is 18.3. The van der Waals surface area contributed by atoms with Crippen LogP contribution in [0.25, 0.3) is 11.1 Å². The first kappa shape index (κ1) is 20.5. The lowest BCUT2D eigenvalue weighted by Gasteiger charge is -2.21. The highest BCUT2D eigenvalue weighted by atomic mass is 31.2. The minimum atomic E-state index is -2.99. The molecule has 1 aliphatic rings. The van der Waals surface area contributed by atoms with Gasteiger partial charge in [-0.25, -0.2) is 0 Å². The van der Waals surface area contributed by atoms with Crippen LogP contribution >= 0.6 is 7.14 Å². The summed E-state index contributed by atoms with van der Waals surface area (Å²) in [6.07, 6.45) is 0. The van der Waals surface area contributed by atoms with Crippen LogP contribution in [0.2, 0.25) is 0 Å². The van der Waals surface area contributed by atoms with E-state index in [1.54, 1.807) is 0 Å². The average molecular weight is 460 g/mol. The van der Waals surface area contributed by atoms with Gasteiger partial charge in [0, 0.05) is 15.9 Å². The fraction of sp³-hybridized carbons (Fsp3) is 0. The Morgan fingerprint density at radius 3 is 1.44 bits per heavy atom. The topological polar surface area (TPSA) is 35.5 Å². The summed E-state index contributed by atoms with van der Waals surface area (Å²) in [6.45, 7) is 0. The zero-order valence-corrected chi connectivity index (χ0v) is 19.2. The van der Waals surface area contributed by atoms with Crippen LogP contribution in [0.15, 0.2) is 127 Å². The predicted octanol–water partition coefficient (Wildman–Crippen LogP) is 6.89. The molecule has 0 spiro atoms. The van der Waals surface area contributed by atoms with E-state index in [4.69, 9.17) is 9.47 Å². The van der Waals surface area contributed by atoms with Crippen molar-refractivity contribution in [3.63, 3.8) is 0 Å². The number of hydrogen-bond donors (Lipinski definition) is 0. The van der Waals surface area contributed by atoms with Crippen molar-refractivity contribution in [2.75, 3.05) is 0 Å². The normalized spacial score (nSPS) is 12.1. The minimum Gasteiger partial charge on any atom is -0.450 e. The molecular weight excluding hydrogens is 439 g/mol. The van der Waals surface area contributed by atoms with E-state index in [1.165, 1.54) is 0 Å². The summed E-state index contributed by atoms with van der Waals surface area (Å²) >= 11 is 0. The number of hydrogen-bond acceptors (Lipinski definition) is 3. The van der Waals surface area contributed by atoms with Crippen LogP contribution in [0.3, 0.4) is 0 Å². The first-order valence-corrected chi connectivity index (χ1v) is 12.8. The molecule has 0 saturated carbocycles. The Morgan fingerprint density at radius 2 is 0.853 bits per heavy atom. The zero-order chi connectivity index (χ0) is 23.0. The smallest absolute Gasteiger partial charge is 0.171 e. The third kappa shape index (κ3) is 3.51. The Labute approximate surface area is 198 Å². The largest absolute Gasteiger partial charge is 0.450 e. The van der Waals surface area contributed by atoms with Crippen LogP contribution in [-0.4, -0.2) is 0 Å². The molecule has 5 aromatic carbocycles. The third-order valence-corrected chi connectivity index (χ3v) is 9.11. The Bertz CT molecular complexity index is 1470. The molecule has 0 aliphatic carbocycles. The van der Waals surface area contributed by atoms with Crippen LogP contribution in [0.4, 0.5) is 0 Å². The molecule has 0 atom stereocenters. The van der Waals surface area contributed by atoms with Crippen LogP contribution in [-0.2, 0) is 4.57 Å². The van der Waals surface area contributed by atoms with Gasteiger partial charge in [0.1, 0.15) is 0 Å². The predicted molar refractivity (Wildman–Crippen MR) is 138 cm³/mol. The van der Waals surface area contributed by atoms with Crippen LogP contribution < -0.4 is 25.4 Å². The number of benzene rings is 5. The fourth-order valence-corrected chi connectivity index (χ4v) is 6.94. The van der Waals surface area contributed by atoms with Crippen LogP contribution in [0.1, 0.15) is 0 Å². The molecule has 0 bridgehead atoms. The minimum absolute atomic E-state index is 0.680. The van der Waals surface area contributed by atoms with E-state index < -0.39 is 7.14 Å². The van der Waals surface area contributed by atoms with Crippen molar-refractivity contribution in [3.8, 4) is 34.1 Å². The van der Waals surface area contributed by atoms with Crippen molar-refractivity contribution >= 4 is 23.1 Å². The quantitative estimate of drug-likeness (QED) is 0.269. The standard InChI is InChI=1S/C30H21O3P/c31-34(24-9-3-1-4-10-24,25-11-5-2-6-12-25)26-18-15-22(16-19-26)23-17-20-29-30(21-23)33-28-14-8-7-13-27(28)32-29/h1-21H. The van der Waals surface area contributed by atoms with Gasteiger partial charge in [0.2, 0.25) is 0 Å². The van der Waals surface area contributed by atoms with Crippen molar-refractivity contribution in [2.45, 2.75) is 0 Å². The highest BCUT2D eigenvalue weighted by Crippen LogP contribution is 2.46. The second-order valence-electron chi connectivity index (χ2n) is 8.14. The van der Waals surface area contributed by atoms with Gasteiger partial charge in [0.25, 0.3) is 0 Å². The third-order valence-electron chi connectivity index (χ3n) is 6.04. The van der Waals surface area contributed by atoms with Crippen LogP contribution in [0, 0.1) is 0 Å². The van der Waals surface area contributed by atoms with Gasteiger partial charge in [0.15, 0.2) is 30.1 Å². The molecule has 1 heterocycles. The molecule has 0 N–H and O–H groups in total. The molecule has 3 nitrogen and oxygen atoms in total. The highest BCUT2D eigenvalue weighted by molar-refractivity contribution is 7.85. The summed E-state index contributed by atoms with van der Waals surface area (Å²) in [5, 5.41) is 2.46. The fourth-order valence-electron chi connectivity index (χ4n) is 4.29. The van der Waals surface area contributed by atoms with E-state index in [0.29, 0.717) is 23.0 Å². The van der Waals surface area contributed by atoms with Crippen molar-refractivity contribution in [3.05, 3.63) is 127 Å². The Balaban J connectivity index is 1.37. The van der Waals surface area contributed by atoms with Gasteiger partial charge in [-0.3, -0.25) is 0 Å². The highest BCUT2D eigenvalue weighted by Gasteiger charge is 2.29. The van der Waals surface area contributed by atoms with E-state index >= 15 is 0 Å². The van der Waals surface area contributed by atoms with Gasteiger partial charge < -0.3 is 14.0 Å². The van der Waals surface area contributed by atoms with Gasteiger partial charge in [-0.2, -0.15) is 0 Å². The molecule has 34 heavy (non-hydrogen) atoms. The van der Waals surface area contributed by atoms with Gasteiger partial charge >= 0.3 is 0 Å².